The van der Waals surface area contributed by atoms with Gasteiger partial charge in [-0.3, -0.25) is 13.8 Å². The molecule has 2 fully saturated rings. The fourth-order valence-electron chi connectivity index (χ4n) is 7.86. The van der Waals surface area contributed by atoms with Crippen LogP contribution >= 0.6 is 0 Å². The number of imidazole rings is 1. The van der Waals surface area contributed by atoms with Gasteiger partial charge < -0.3 is 28.9 Å². The van der Waals surface area contributed by atoms with E-state index in [1.165, 1.54) is 18.7 Å². The highest BCUT2D eigenvalue weighted by atomic mass is 32.2. The van der Waals surface area contributed by atoms with Crippen LogP contribution in [0.15, 0.2) is 54.7 Å². The first-order valence-electron chi connectivity index (χ1n) is 17.8. The van der Waals surface area contributed by atoms with E-state index in [9.17, 15) is 32.3 Å². The van der Waals surface area contributed by atoms with Gasteiger partial charge in [-0.05, 0) is 54.9 Å². The standard InChI is InChI=1S/C38H48F2N4O9S/c1-23(52-24(2)45)36(46)43(20-29-32(53-54(6,49)50)22-44(37(47)48)34(29)38(3,4)5)33(26-14-16-51-17-15-26)35-41-31(28-18-27(39)12-13-30(28)40)21-42(35)19-25-10-8-7-9-11-25/h7-13,18,21,23,26,29,32-34H,14-17,19-20,22H2,1-6H3,(H,47,48)/t23-,29-,32+,33+,34?/m0/s1. The highest BCUT2D eigenvalue weighted by Crippen LogP contribution is 2.43. The highest BCUT2D eigenvalue weighted by Gasteiger charge is 2.53. The molecule has 0 saturated carbocycles. The average molecular weight is 775 g/mol. The van der Waals surface area contributed by atoms with Gasteiger partial charge in [0.1, 0.15) is 23.6 Å². The zero-order valence-corrected chi connectivity index (χ0v) is 32.1. The largest absolute Gasteiger partial charge is 0.465 e. The fourth-order valence-corrected chi connectivity index (χ4v) is 8.51. The Kier molecular flexibility index (Phi) is 12.5. The molecular formula is C38H48F2N4O9S. The molecule has 1 N–H and O–H groups in total. The molecule has 3 heterocycles. The maximum absolute atomic E-state index is 15.3. The topological polar surface area (TPSA) is 158 Å². The summed E-state index contributed by atoms with van der Waals surface area (Å²) in [5.41, 5.74) is 0.0970. The summed E-state index contributed by atoms with van der Waals surface area (Å²) in [6.07, 6.45) is -0.403. The van der Waals surface area contributed by atoms with Crippen molar-refractivity contribution in [2.24, 2.45) is 17.3 Å². The Balaban J connectivity index is 1.76. The van der Waals surface area contributed by atoms with E-state index < -0.39 is 75.3 Å². The highest BCUT2D eigenvalue weighted by molar-refractivity contribution is 7.86. The van der Waals surface area contributed by atoms with E-state index in [1.807, 2.05) is 51.1 Å². The summed E-state index contributed by atoms with van der Waals surface area (Å²) >= 11 is 0. The van der Waals surface area contributed by atoms with E-state index in [0.29, 0.717) is 31.9 Å². The third-order valence-electron chi connectivity index (χ3n) is 9.93. The summed E-state index contributed by atoms with van der Waals surface area (Å²) in [4.78, 5) is 47.2. The minimum atomic E-state index is -4.11. The van der Waals surface area contributed by atoms with Crippen LogP contribution in [0.25, 0.3) is 11.3 Å². The van der Waals surface area contributed by atoms with Gasteiger partial charge in [0.15, 0.2) is 6.10 Å². The molecule has 2 aliphatic heterocycles. The van der Waals surface area contributed by atoms with Crippen molar-refractivity contribution >= 4 is 28.1 Å². The third-order valence-corrected chi connectivity index (χ3v) is 10.5. The number of nitrogens with zero attached hydrogens (tertiary/aromatic N) is 4. The lowest BCUT2D eigenvalue weighted by Gasteiger charge is -2.43. The SMILES string of the molecule is CC(=O)O[C@@H](C)C(=O)N(C[C@@H]1C(C(C)(C)C)N(C(=O)O)C[C@H]1OS(C)(=O)=O)[C@@H](c1nc(-c2cc(F)ccc2F)cn1Cc1ccccc1)C1CCOCC1. The summed E-state index contributed by atoms with van der Waals surface area (Å²) in [7, 11) is -4.11. The molecule has 0 bridgehead atoms. The molecule has 13 nitrogen and oxygen atoms in total. The first-order valence-corrected chi connectivity index (χ1v) is 19.7. The Labute approximate surface area is 314 Å². The van der Waals surface area contributed by atoms with Crippen LogP contribution in [-0.4, -0.2) is 102 Å². The predicted molar refractivity (Wildman–Crippen MR) is 194 cm³/mol. The molecule has 2 aromatic carbocycles. The van der Waals surface area contributed by atoms with E-state index in [0.717, 1.165) is 34.9 Å². The second-order valence-corrected chi connectivity index (χ2v) is 16.7. The quantitative estimate of drug-likeness (QED) is 0.184. The van der Waals surface area contributed by atoms with Crippen LogP contribution in [0.3, 0.4) is 0 Å². The van der Waals surface area contributed by atoms with Gasteiger partial charge >= 0.3 is 12.1 Å². The van der Waals surface area contributed by atoms with Crippen LogP contribution in [0, 0.1) is 28.9 Å². The van der Waals surface area contributed by atoms with E-state index in [2.05, 4.69) is 0 Å². The van der Waals surface area contributed by atoms with E-state index in [4.69, 9.17) is 18.6 Å². The average Bonchev–Trinajstić information content (AvgIpc) is 3.66. The number of hydrogen-bond acceptors (Lipinski definition) is 9. The number of carboxylic acid groups (broad SMARTS) is 1. The van der Waals surface area contributed by atoms with Crippen molar-refractivity contribution in [1.82, 2.24) is 19.4 Å². The minimum absolute atomic E-state index is 0.0951. The molecule has 3 aromatic rings. The molecule has 0 spiro atoms. The molecule has 1 unspecified atom stereocenters. The first-order chi connectivity index (χ1) is 25.3. The lowest BCUT2D eigenvalue weighted by molar-refractivity contribution is -0.161. The Morgan fingerprint density at radius 2 is 1.76 bits per heavy atom. The molecule has 16 heteroatoms. The van der Waals surface area contributed by atoms with Crippen LogP contribution in [0.2, 0.25) is 0 Å². The molecule has 0 aliphatic carbocycles. The molecule has 2 aliphatic rings. The van der Waals surface area contributed by atoms with Crippen LogP contribution in [-0.2, 0) is 39.9 Å². The Morgan fingerprint density at radius 1 is 1.09 bits per heavy atom. The summed E-state index contributed by atoms with van der Waals surface area (Å²) in [5, 5.41) is 10.3. The van der Waals surface area contributed by atoms with Crippen molar-refractivity contribution < 1.29 is 50.3 Å². The number of ether oxygens (including phenoxy) is 2. The molecular weight excluding hydrogens is 726 g/mol. The first kappa shape index (κ1) is 40.8. The lowest BCUT2D eigenvalue weighted by atomic mass is 9.78. The Bertz CT molecular complexity index is 1930. The van der Waals surface area contributed by atoms with E-state index >= 15 is 4.39 Å². The Morgan fingerprint density at radius 3 is 2.35 bits per heavy atom. The van der Waals surface area contributed by atoms with Crippen molar-refractivity contribution in [3.8, 4) is 11.3 Å². The molecule has 0 radical (unpaired) electrons. The fraction of sp³-hybridized carbons (Fsp3) is 0.526. The van der Waals surface area contributed by atoms with Gasteiger partial charge in [-0.15, -0.1) is 0 Å². The van der Waals surface area contributed by atoms with Crippen LogP contribution < -0.4 is 0 Å². The number of halogens is 2. The number of likely N-dealkylation sites (tertiary alicyclic amines) is 1. The number of hydrogen-bond donors (Lipinski definition) is 1. The van der Waals surface area contributed by atoms with Gasteiger partial charge in [0, 0.05) is 56.9 Å². The minimum Gasteiger partial charge on any atom is -0.465 e. The number of carbonyl (C=O) groups is 3. The van der Waals surface area contributed by atoms with Gasteiger partial charge in [0.05, 0.1) is 24.5 Å². The predicted octanol–water partition coefficient (Wildman–Crippen LogP) is 5.49. The third kappa shape index (κ3) is 9.63. The van der Waals surface area contributed by atoms with Gasteiger partial charge in [0.2, 0.25) is 0 Å². The van der Waals surface area contributed by atoms with Gasteiger partial charge in [-0.1, -0.05) is 51.1 Å². The molecule has 2 amide bonds. The molecule has 2 saturated heterocycles. The van der Waals surface area contributed by atoms with Gasteiger partial charge in [0.25, 0.3) is 16.0 Å². The second-order valence-electron chi connectivity index (χ2n) is 15.1. The molecule has 5 rings (SSSR count). The number of rotatable bonds is 12. The van der Waals surface area contributed by atoms with Gasteiger partial charge in [-0.2, -0.15) is 8.42 Å². The Hall–Kier alpha value is -4.41. The van der Waals surface area contributed by atoms with Crippen LogP contribution in [0.5, 0.6) is 0 Å². The summed E-state index contributed by atoms with van der Waals surface area (Å²) in [5.74, 6) is -3.66. The van der Waals surface area contributed by atoms with Gasteiger partial charge in [-0.25, -0.2) is 18.6 Å². The smallest absolute Gasteiger partial charge is 0.407 e. The zero-order valence-electron chi connectivity index (χ0n) is 31.3. The number of amides is 2. The number of benzene rings is 2. The maximum Gasteiger partial charge on any atom is 0.407 e. The lowest BCUT2D eigenvalue weighted by Crippen LogP contribution is -2.53. The monoisotopic (exact) mass is 774 g/mol. The zero-order chi connectivity index (χ0) is 39.5. The van der Waals surface area contributed by atoms with Crippen molar-refractivity contribution in [2.45, 2.75) is 78.3 Å². The van der Waals surface area contributed by atoms with E-state index in [1.54, 1.807) is 10.8 Å². The van der Waals surface area contributed by atoms with Crippen molar-refractivity contribution in [2.75, 3.05) is 32.6 Å². The van der Waals surface area contributed by atoms with Crippen molar-refractivity contribution in [3.63, 3.8) is 0 Å². The summed E-state index contributed by atoms with van der Waals surface area (Å²) in [6.45, 7) is 8.43. The number of esters is 1. The molecule has 54 heavy (non-hydrogen) atoms. The van der Waals surface area contributed by atoms with Crippen LogP contribution in [0.1, 0.15) is 64.9 Å². The normalized spacial score (nSPS) is 20.7. The van der Waals surface area contributed by atoms with Crippen molar-refractivity contribution in [3.05, 3.63) is 77.8 Å². The number of aromatic nitrogens is 2. The molecule has 1 aromatic heterocycles. The molecule has 294 valence electrons. The summed E-state index contributed by atoms with van der Waals surface area (Å²) in [6, 6.07) is 10.6. The molecule has 5 atom stereocenters. The van der Waals surface area contributed by atoms with Crippen LogP contribution in [0.4, 0.5) is 13.6 Å². The summed E-state index contributed by atoms with van der Waals surface area (Å²) < 4.78 is 73.6. The second kappa shape index (κ2) is 16.5. The number of carbonyl (C=O) groups excluding carboxylic acids is 2. The van der Waals surface area contributed by atoms with Crippen molar-refractivity contribution in [1.29, 1.82) is 0 Å². The van der Waals surface area contributed by atoms with E-state index in [-0.39, 0.29) is 36.8 Å². The maximum atomic E-state index is 15.3.